The summed E-state index contributed by atoms with van der Waals surface area (Å²) in [6.45, 7) is 1.44. The van der Waals surface area contributed by atoms with Gasteiger partial charge in [0.1, 0.15) is 24.0 Å². The lowest BCUT2D eigenvalue weighted by Gasteiger charge is -2.14. The van der Waals surface area contributed by atoms with Crippen LogP contribution in [0, 0.1) is 23.0 Å². The quantitative estimate of drug-likeness (QED) is 0.937. The lowest BCUT2D eigenvalue weighted by molar-refractivity contribution is 0.189. The first-order valence-corrected chi connectivity index (χ1v) is 6.30. The van der Waals surface area contributed by atoms with E-state index in [1.807, 2.05) is 6.07 Å². The molecule has 2 aromatic rings. The van der Waals surface area contributed by atoms with Gasteiger partial charge in [-0.3, -0.25) is 0 Å². The average molecular weight is 289 g/mol. The molecule has 0 saturated carbocycles. The Morgan fingerprint density at radius 1 is 1.19 bits per heavy atom. The molecule has 0 aliphatic heterocycles. The van der Waals surface area contributed by atoms with Crippen LogP contribution in [-0.4, -0.2) is 5.11 Å². The zero-order chi connectivity index (χ0) is 15.4. The van der Waals surface area contributed by atoms with Gasteiger partial charge < -0.3 is 9.84 Å². The van der Waals surface area contributed by atoms with Crippen molar-refractivity contribution in [3.8, 4) is 11.8 Å². The fourth-order valence-electron chi connectivity index (χ4n) is 1.92. The van der Waals surface area contributed by atoms with Gasteiger partial charge in [0.2, 0.25) is 0 Å². The number of nitrogens with zero attached hydrogens (tertiary/aromatic N) is 1. The molecule has 0 spiro atoms. The molecule has 0 aliphatic rings. The second-order valence-corrected chi connectivity index (χ2v) is 4.56. The molecule has 0 amide bonds. The highest BCUT2D eigenvalue weighted by Gasteiger charge is 2.12. The number of rotatable bonds is 4. The summed E-state index contributed by atoms with van der Waals surface area (Å²) >= 11 is 0. The van der Waals surface area contributed by atoms with Gasteiger partial charge in [0.25, 0.3) is 0 Å². The Hall–Kier alpha value is -2.45. The maximum atomic E-state index is 13.2. The summed E-state index contributed by atoms with van der Waals surface area (Å²) < 4.78 is 31.9. The predicted octanol–water partition coefficient (Wildman–Crippen LogP) is 3.47. The Labute approximate surface area is 121 Å². The fraction of sp³-hybridized carbons (Fsp3) is 0.188. The fourth-order valence-corrected chi connectivity index (χ4v) is 1.92. The Kier molecular flexibility index (Phi) is 4.51. The molecule has 0 aliphatic carbocycles. The van der Waals surface area contributed by atoms with Crippen molar-refractivity contribution in [1.29, 1.82) is 5.26 Å². The minimum absolute atomic E-state index is 0.0496. The van der Waals surface area contributed by atoms with Crippen LogP contribution in [0.15, 0.2) is 36.4 Å². The van der Waals surface area contributed by atoms with Crippen LogP contribution in [0.25, 0.3) is 0 Å². The molecule has 0 saturated heterocycles. The van der Waals surface area contributed by atoms with Gasteiger partial charge in [0.05, 0.1) is 17.7 Å². The molecule has 108 valence electrons. The van der Waals surface area contributed by atoms with Crippen molar-refractivity contribution in [2.75, 3.05) is 0 Å². The second kappa shape index (κ2) is 6.33. The van der Waals surface area contributed by atoms with Gasteiger partial charge in [-0.15, -0.1) is 0 Å². The van der Waals surface area contributed by atoms with Crippen molar-refractivity contribution in [2.24, 2.45) is 0 Å². The maximum absolute atomic E-state index is 13.2. The maximum Gasteiger partial charge on any atom is 0.125 e. The molecular weight excluding hydrogens is 276 g/mol. The Bertz CT molecular complexity index is 693. The number of hydrogen-bond acceptors (Lipinski definition) is 3. The SMILES string of the molecule is CC(O)c1cc(F)ccc1OCc1cc(F)ccc1C#N. The third-order valence-corrected chi connectivity index (χ3v) is 2.99. The minimum Gasteiger partial charge on any atom is -0.488 e. The molecule has 2 rings (SSSR count). The smallest absolute Gasteiger partial charge is 0.125 e. The van der Waals surface area contributed by atoms with Crippen LogP contribution in [0.4, 0.5) is 8.78 Å². The minimum atomic E-state index is -0.904. The Morgan fingerprint density at radius 3 is 2.52 bits per heavy atom. The molecule has 1 unspecified atom stereocenters. The number of hydrogen-bond donors (Lipinski definition) is 1. The van der Waals surface area contributed by atoms with E-state index in [9.17, 15) is 13.9 Å². The van der Waals surface area contributed by atoms with Crippen LogP contribution >= 0.6 is 0 Å². The molecule has 0 radical (unpaired) electrons. The van der Waals surface area contributed by atoms with Crippen molar-refractivity contribution < 1.29 is 18.6 Å². The third-order valence-electron chi connectivity index (χ3n) is 2.99. The third kappa shape index (κ3) is 3.56. The molecule has 3 nitrogen and oxygen atoms in total. The number of halogens is 2. The molecule has 1 atom stereocenters. The first-order chi connectivity index (χ1) is 10.0. The monoisotopic (exact) mass is 289 g/mol. The highest BCUT2D eigenvalue weighted by molar-refractivity contribution is 5.39. The summed E-state index contributed by atoms with van der Waals surface area (Å²) in [5.74, 6) is -0.663. The Balaban J connectivity index is 2.25. The lowest BCUT2D eigenvalue weighted by Crippen LogP contribution is -2.03. The molecule has 21 heavy (non-hydrogen) atoms. The van der Waals surface area contributed by atoms with Gasteiger partial charge in [-0.25, -0.2) is 8.78 Å². The topological polar surface area (TPSA) is 53.2 Å². The van der Waals surface area contributed by atoms with Gasteiger partial charge in [-0.2, -0.15) is 5.26 Å². The zero-order valence-corrected chi connectivity index (χ0v) is 11.3. The molecule has 5 heteroatoms. The van der Waals surface area contributed by atoms with Crippen molar-refractivity contribution >= 4 is 0 Å². The molecule has 2 aromatic carbocycles. The summed E-state index contributed by atoms with van der Waals surface area (Å²) in [5.41, 5.74) is 0.986. The van der Waals surface area contributed by atoms with E-state index in [4.69, 9.17) is 10.00 Å². The van der Waals surface area contributed by atoms with Crippen LogP contribution in [-0.2, 0) is 6.61 Å². The van der Waals surface area contributed by atoms with E-state index in [0.29, 0.717) is 22.4 Å². The molecule has 0 heterocycles. The van der Waals surface area contributed by atoms with E-state index in [2.05, 4.69) is 0 Å². The number of aliphatic hydroxyl groups is 1. The summed E-state index contributed by atoms with van der Waals surface area (Å²) in [4.78, 5) is 0. The van der Waals surface area contributed by atoms with Crippen molar-refractivity contribution in [3.05, 3.63) is 64.7 Å². The van der Waals surface area contributed by atoms with Crippen LogP contribution in [0.5, 0.6) is 5.75 Å². The normalized spacial score (nSPS) is 11.8. The van der Waals surface area contributed by atoms with E-state index in [-0.39, 0.29) is 6.61 Å². The first kappa shape index (κ1) is 14.9. The van der Waals surface area contributed by atoms with Crippen molar-refractivity contribution in [2.45, 2.75) is 19.6 Å². The van der Waals surface area contributed by atoms with Crippen LogP contribution in [0.1, 0.15) is 29.7 Å². The van der Waals surface area contributed by atoms with Crippen LogP contribution in [0.3, 0.4) is 0 Å². The van der Waals surface area contributed by atoms with Gasteiger partial charge in [0, 0.05) is 11.1 Å². The Morgan fingerprint density at radius 2 is 1.86 bits per heavy atom. The van der Waals surface area contributed by atoms with E-state index >= 15 is 0 Å². The molecule has 1 N–H and O–H groups in total. The number of benzene rings is 2. The first-order valence-electron chi connectivity index (χ1n) is 6.30. The zero-order valence-electron chi connectivity index (χ0n) is 11.3. The number of nitriles is 1. The summed E-state index contributed by atoms with van der Waals surface area (Å²) in [7, 11) is 0. The molecule has 0 bridgehead atoms. The van der Waals surface area contributed by atoms with Gasteiger partial charge in [0.15, 0.2) is 0 Å². The van der Waals surface area contributed by atoms with Gasteiger partial charge in [-0.05, 0) is 43.3 Å². The summed E-state index contributed by atoms with van der Waals surface area (Å²) in [6.07, 6.45) is -0.904. The predicted molar refractivity (Wildman–Crippen MR) is 72.5 cm³/mol. The molecular formula is C16H13F2NO2. The van der Waals surface area contributed by atoms with Crippen LogP contribution in [0.2, 0.25) is 0 Å². The van der Waals surface area contributed by atoms with Crippen molar-refractivity contribution in [1.82, 2.24) is 0 Å². The number of ether oxygens (including phenoxy) is 1. The highest BCUT2D eigenvalue weighted by Crippen LogP contribution is 2.27. The largest absolute Gasteiger partial charge is 0.488 e. The van der Waals surface area contributed by atoms with Crippen LogP contribution < -0.4 is 4.74 Å². The second-order valence-electron chi connectivity index (χ2n) is 4.56. The lowest BCUT2D eigenvalue weighted by atomic mass is 10.1. The van der Waals surface area contributed by atoms with E-state index < -0.39 is 17.7 Å². The van der Waals surface area contributed by atoms with Gasteiger partial charge in [-0.1, -0.05) is 0 Å². The molecule has 0 aromatic heterocycles. The van der Waals surface area contributed by atoms with E-state index in [1.165, 1.54) is 43.3 Å². The summed E-state index contributed by atoms with van der Waals surface area (Å²) in [5, 5.41) is 18.6. The van der Waals surface area contributed by atoms with E-state index in [1.54, 1.807) is 0 Å². The standard InChI is InChI=1S/C16H13F2NO2/c1-10(20)15-7-14(18)4-5-16(15)21-9-12-6-13(17)3-2-11(12)8-19/h2-7,10,20H,9H2,1H3. The summed E-state index contributed by atoms with van der Waals surface area (Å²) in [6, 6.07) is 9.50. The average Bonchev–Trinajstić information content (AvgIpc) is 2.46. The van der Waals surface area contributed by atoms with Crippen molar-refractivity contribution in [3.63, 3.8) is 0 Å². The van der Waals surface area contributed by atoms with Gasteiger partial charge >= 0.3 is 0 Å². The highest BCUT2D eigenvalue weighted by atomic mass is 19.1. The number of aliphatic hydroxyl groups excluding tert-OH is 1. The van der Waals surface area contributed by atoms with E-state index in [0.717, 1.165) is 0 Å². The molecule has 0 fully saturated rings.